The van der Waals surface area contributed by atoms with Crippen LogP contribution in [0.1, 0.15) is 5.56 Å². The number of amides is 1. The van der Waals surface area contributed by atoms with Gasteiger partial charge in [0.2, 0.25) is 6.41 Å². The molecular weight excluding hydrogens is 194 g/mol. The number of anilines is 1. The molecule has 0 fully saturated rings. The third kappa shape index (κ3) is 1.83. The molecule has 6 heteroatoms. The first-order valence-electron chi connectivity index (χ1n) is 4.35. The van der Waals surface area contributed by atoms with E-state index in [1.54, 1.807) is 10.7 Å². The minimum Gasteiger partial charge on any atom is -0.329 e. The Labute approximate surface area is 85.9 Å². The molecule has 15 heavy (non-hydrogen) atoms. The highest BCUT2D eigenvalue weighted by Gasteiger charge is 2.03. The zero-order chi connectivity index (χ0) is 10.7. The Bertz CT molecular complexity index is 465. The predicted octanol–water partition coefficient (Wildman–Crippen LogP) is 0.539. The van der Waals surface area contributed by atoms with Crippen LogP contribution in [0.5, 0.6) is 0 Å². The van der Waals surface area contributed by atoms with Crippen molar-refractivity contribution >= 4 is 12.1 Å². The van der Waals surface area contributed by atoms with Gasteiger partial charge in [-0.1, -0.05) is 6.07 Å². The first-order chi connectivity index (χ1) is 7.31. The number of benzene rings is 1. The molecule has 0 saturated carbocycles. The van der Waals surface area contributed by atoms with Crippen LogP contribution in [0.25, 0.3) is 5.69 Å². The summed E-state index contributed by atoms with van der Waals surface area (Å²) in [5.41, 5.74) is 2.58. The number of nitrogens with one attached hydrogen (secondary N) is 1. The molecule has 0 saturated heterocycles. The van der Waals surface area contributed by atoms with E-state index in [-0.39, 0.29) is 0 Å². The second-order valence-corrected chi connectivity index (χ2v) is 3.02. The largest absolute Gasteiger partial charge is 0.329 e. The molecule has 1 amide bonds. The quantitative estimate of drug-likeness (QED) is 0.739. The van der Waals surface area contributed by atoms with Gasteiger partial charge in [0.05, 0.1) is 5.69 Å². The first kappa shape index (κ1) is 9.32. The van der Waals surface area contributed by atoms with Crippen LogP contribution < -0.4 is 5.32 Å². The van der Waals surface area contributed by atoms with Crippen molar-refractivity contribution in [2.24, 2.45) is 0 Å². The molecule has 1 N–H and O–H groups in total. The van der Waals surface area contributed by atoms with Gasteiger partial charge >= 0.3 is 0 Å². The minimum atomic E-state index is 0.633. The van der Waals surface area contributed by atoms with Crippen LogP contribution in [-0.4, -0.2) is 26.6 Å². The highest BCUT2D eigenvalue weighted by Crippen LogP contribution is 2.17. The number of carbonyl (C=O) groups excluding carboxylic acids is 1. The topological polar surface area (TPSA) is 72.7 Å². The van der Waals surface area contributed by atoms with Gasteiger partial charge in [-0.2, -0.15) is 0 Å². The van der Waals surface area contributed by atoms with Crippen LogP contribution >= 0.6 is 0 Å². The summed E-state index contributed by atoms with van der Waals surface area (Å²) in [6.07, 6.45) is 2.14. The van der Waals surface area contributed by atoms with Gasteiger partial charge in [0.25, 0.3) is 0 Å². The maximum Gasteiger partial charge on any atom is 0.211 e. The average Bonchev–Trinajstić information content (AvgIpc) is 2.74. The summed E-state index contributed by atoms with van der Waals surface area (Å²) >= 11 is 0. The lowest BCUT2D eigenvalue weighted by atomic mass is 10.2. The Morgan fingerprint density at radius 2 is 2.33 bits per heavy atom. The van der Waals surface area contributed by atoms with Gasteiger partial charge in [-0.05, 0) is 35.0 Å². The Kier molecular flexibility index (Phi) is 2.40. The smallest absolute Gasteiger partial charge is 0.211 e. The average molecular weight is 203 g/mol. The lowest BCUT2D eigenvalue weighted by Crippen LogP contribution is -2.01. The van der Waals surface area contributed by atoms with Crippen LogP contribution in [0.2, 0.25) is 0 Å². The van der Waals surface area contributed by atoms with Crippen LogP contribution in [0.15, 0.2) is 24.5 Å². The second kappa shape index (κ2) is 3.87. The number of rotatable bonds is 3. The highest BCUT2D eigenvalue weighted by molar-refractivity contribution is 5.72. The maximum absolute atomic E-state index is 10.3. The van der Waals surface area contributed by atoms with E-state index in [1.165, 1.54) is 6.33 Å². The molecule has 0 aliphatic carbocycles. The third-order valence-electron chi connectivity index (χ3n) is 2.03. The van der Waals surface area contributed by atoms with Gasteiger partial charge in [-0.15, -0.1) is 5.10 Å². The zero-order valence-corrected chi connectivity index (χ0v) is 8.08. The molecule has 6 nitrogen and oxygen atoms in total. The van der Waals surface area contributed by atoms with Crippen LogP contribution in [0.3, 0.4) is 0 Å². The third-order valence-corrected chi connectivity index (χ3v) is 2.03. The molecule has 76 valence electrons. The van der Waals surface area contributed by atoms with Gasteiger partial charge in [0.1, 0.15) is 6.33 Å². The normalized spacial score (nSPS) is 9.93. The summed E-state index contributed by atoms with van der Waals surface area (Å²) in [5, 5.41) is 13.5. The number of nitrogens with zero attached hydrogens (tertiary/aromatic N) is 4. The SMILES string of the molecule is Cc1ccc(NC=O)cc1-n1cnnn1. The van der Waals surface area contributed by atoms with Crippen molar-refractivity contribution in [3.8, 4) is 5.69 Å². The Morgan fingerprint density at radius 1 is 1.47 bits per heavy atom. The van der Waals surface area contributed by atoms with Gasteiger partial charge in [-0.25, -0.2) is 4.68 Å². The van der Waals surface area contributed by atoms with Crippen LogP contribution in [0.4, 0.5) is 5.69 Å². The maximum atomic E-state index is 10.3. The zero-order valence-electron chi connectivity index (χ0n) is 8.08. The Hall–Kier alpha value is -2.24. The van der Waals surface area contributed by atoms with E-state index in [0.717, 1.165) is 11.3 Å². The van der Waals surface area contributed by atoms with E-state index < -0.39 is 0 Å². The van der Waals surface area contributed by atoms with Crippen molar-refractivity contribution < 1.29 is 4.79 Å². The van der Waals surface area contributed by atoms with Crippen molar-refractivity contribution in [3.63, 3.8) is 0 Å². The van der Waals surface area contributed by atoms with Crippen molar-refractivity contribution in [2.45, 2.75) is 6.92 Å². The van der Waals surface area contributed by atoms with Crippen molar-refractivity contribution in [3.05, 3.63) is 30.1 Å². The lowest BCUT2D eigenvalue weighted by molar-refractivity contribution is -0.105. The number of aryl methyl sites for hydroxylation is 1. The molecule has 2 aromatic rings. The standard InChI is InChI=1S/C9H9N5O/c1-7-2-3-8(10-6-15)4-9(7)14-5-11-12-13-14/h2-6H,1H3,(H,10,15). The number of carbonyl (C=O) groups is 1. The fraction of sp³-hybridized carbons (Fsp3) is 0.111. The fourth-order valence-electron chi connectivity index (χ4n) is 1.29. The van der Waals surface area contributed by atoms with Crippen molar-refractivity contribution in [2.75, 3.05) is 5.32 Å². The van der Waals surface area contributed by atoms with Gasteiger partial charge in [0.15, 0.2) is 0 Å². The molecular formula is C9H9N5O. The van der Waals surface area contributed by atoms with Crippen molar-refractivity contribution in [1.82, 2.24) is 20.2 Å². The van der Waals surface area contributed by atoms with Gasteiger partial charge in [-0.3, -0.25) is 4.79 Å². The molecule has 1 aromatic carbocycles. The molecule has 0 spiro atoms. The summed E-state index contributed by atoms with van der Waals surface area (Å²) in [6, 6.07) is 5.51. The Balaban J connectivity index is 2.45. The number of tetrazole rings is 1. The second-order valence-electron chi connectivity index (χ2n) is 3.02. The van der Waals surface area contributed by atoms with E-state index in [1.807, 2.05) is 19.1 Å². The minimum absolute atomic E-state index is 0.633. The molecule has 1 heterocycles. The van der Waals surface area contributed by atoms with Crippen LogP contribution in [-0.2, 0) is 4.79 Å². The lowest BCUT2D eigenvalue weighted by Gasteiger charge is -2.06. The first-order valence-corrected chi connectivity index (χ1v) is 4.35. The van der Waals surface area contributed by atoms with E-state index in [2.05, 4.69) is 20.8 Å². The monoisotopic (exact) mass is 203 g/mol. The molecule has 0 radical (unpaired) electrons. The molecule has 0 unspecified atom stereocenters. The number of hydrogen-bond acceptors (Lipinski definition) is 4. The van der Waals surface area contributed by atoms with E-state index in [9.17, 15) is 4.79 Å². The highest BCUT2D eigenvalue weighted by atomic mass is 16.1. The molecule has 0 atom stereocenters. The summed E-state index contributed by atoms with van der Waals surface area (Å²) in [5.74, 6) is 0. The molecule has 0 aliphatic rings. The summed E-state index contributed by atoms with van der Waals surface area (Å²) in [7, 11) is 0. The van der Waals surface area contributed by atoms with Crippen molar-refractivity contribution in [1.29, 1.82) is 0 Å². The summed E-state index contributed by atoms with van der Waals surface area (Å²) < 4.78 is 1.55. The Morgan fingerprint density at radius 3 is 3.00 bits per heavy atom. The molecule has 1 aromatic heterocycles. The van der Waals surface area contributed by atoms with Crippen LogP contribution in [0, 0.1) is 6.92 Å². The summed E-state index contributed by atoms with van der Waals surface area (Å²) in [4.78, 5) is 10.3. The fourth-order valence-corrected chi connectivity index (χ4v) is 1.29. The van der Waals surface area contributed by atoms with Gasteiger partial charge < -0.3 is 5.32 Å². The number of hydrogen-bond donors (Lipinski definition) is 1. The molecule has 0 bridgehead atoms. The molecule has 0 aliphatic heterocycles. The number of aromatic nitrogens is 4. The van der Waals surface area contributed by atoms with E-state index in [4.69, 9.17) is 0 Å². The van der Waals surface area contributed by atoms with E-state index >= 15 is 0 Å². The summed E-state index contributed by atoms with van der Waals surface area (Å²) in [6.45, 7) is 1.95. The van der Waals surface area contributed by atoms with Gasteiger partial charge in [0, 0.05) is 5.69 Å². The predicted molar refractivity (Wildman–Crippen MR) is 53.6 cm³/mol. The molecule has 2 rings (SSSR count). The van der Waals surface area contributed by atoms with E-state index in [0.29, 0.717) is 12.1 Å².